The first-order chi connectivity index (χ1) is 8.27. The fourth-order valence-electron chi connectivity index (χ4n) is 2.22. The average Bonchev–Trinajstić information content (AvgIpc) is 2.58. The molecule has 2 rings (SSSR count). The largest absolute Gasteiger partial charge is 0.311 e. The Morgan fingerprint density at radius 1 is 1.22 bits per heavy atom. The molecule has 1 fully saturated rings. The van der Waals surface area contributed by atoms with E-state index in [0.717, 1.165) is 11.1 Å². The number of rotatable bonds is 2. The summed E-state index contributed by atoms with van der Waals surface area (Å²) in [6.45, 7) is 3.67. The third-order valence-electron chi connectivity index (χ3n) is 3.01. The summed E-state index contributed by atoms with van der Waals surface area (Å²) in [6.07, 6.45) is -0.286. The topological polar surface area (TPSA) is 54.5 Å². The van der Waals surface area contributed by atoms with Gasteiger partial charge in [-0.1, -0.05) is 6.07 Å². The number of anilines is 1. The summed E-state index contributed by atoms with van der Waals surface area (Å²) < 4.78 is 34.6. The molecule has 1 aliphatic rings. The molecule has 0 radical (unpaired) electrons. The van der Waals surface area contributed by atoms with Crippen LogP contribution >= 0.6 is 0 Å². The minimum atomic E-state index is -4.66. The van der Waals surface area contributed by atoms with Crippen molar-refractivity contribution in [1.29, 1.82) is 0 Å². The van der Waals surface area contributed by atoms with E-state index in [1.165, 1.54) is 4.90 Å². The van der Waals surface area contributed by atoms with Gasteiger partial charge in [-0.15, -0.1) is 3.89 Å². The van der Waals surface area contributed by atoms with Crippen molar-refractivity contribution >= 4 is 21.8 Å². The van der Waals surface area contributed by atoms with Crippen LogP contribution in [0.2, 0.25) is 0 Å². The number of carbonyl (C=O) groups excluding carboxylic acids is 1. The van der Waals surface area contributed by atoms with E-state index in [0.29, 0.717) is 5.69 Å². The van der Waals surface area contributed by atoms with Crippen molar-refractivity contribution in [1.82, 2.24) is 0 Å². The van der Waals surface area contributed by atoms with Gasteiger partial charge in [0.05, 0.1) is 0 Å². The first-order valence-electron chi connectivity index (χ1n) is 5.59. The third-order valence-corrected chi connectivity index (χ3v) is 4.12. The molecule has 18 heavy (non-hydrogen) atoms. The maximum absolute atomic E-state index is 12.9. The van der Waals surface area contributed by atoms with Crippen molar-refractivity contribution in [2.45, 2.75) is 25.5 Å². The van der Waals surface area contributed by atoms with Crippen LogP contribution in [0.1, 0.15) is 17.5 Å². The summed E-state index contributed by atoms with van der Waals surface area (Å²) in [7, 11) is -4.66. The molecule has 1 aromatic carbocycles. The Balaban J connectivity index is 2.32. The molecule has 0 aromatic heterocycles. The van der Waals surface area contributed by atoms with Gasteiger partial charge in [0.1, 0.15) is 5.25 Å². The molecule has 1 aliphatic heterocycles. The summed E-state index contributed by atoms with van der Waals surface area (Å²) in [5.74, 6) is -0.355. The van der Waals surface area contributed by atoms with E-state index < -0.39 is 15.5 Å². The van der Waals surface area contributed by atoms with Gasteiger partial charge in [0.2, 0.25) is 5.91 Å². The lowest BCUT2D eigenvalue weighted by Crippen LogP contribution is -2.27. The Morgan fingerprint density at radius 2 is 1.78 bits per heavy atom. The van der Waals surface area contributed by atoms with Gasteiger partial charge in [-0.05, 0) is 37.1 Å². The van der Waals surface area contributed by atoms with E-state index >= 15 is 0 Å². The maximum Gasteiger partial charge on any atom is 0.307 e. The number of benzene rings is 1. The number of hydrogen-bond donors (Lipinski definition) is 0. The van der Waals surface area contributed by atoms with E-state index in [-0.39, 0.29) is 18.9 Å². The molecular weight excluding hydrogens is 257 g/mol. The van der Waals surface area contributed by atoms with Crippen LogP contribution in [0.25, 0.3) is 0 Å². The van der Waals surface area contributed by atoms with Gasteiger partial charge in [0.15, 0.2) is 0 Å². The SMILES string of the molecule is Cc1cc(C)cc(N2CC(S(=O)(=O)F)CC2=O)c1. The lowest BCUT2D eigenvalue weighted by Gasteiger charge is -2.17. The van der Waals surface area contributed by atoms with Crippen LogP contribution in [-0.2, 0) is 15.0 Å². The Kier molecular flexibility index (Phi) is 3.14. The summed E-state index contributed by atoms with van der Waals surface area (Å²) in [5.41, 5.74) is 2.58. The van der Waals surface area contributed by atoms with Crippen LogP contribution in [0.4, 0.5) is 9.57 Å². The highest BCUT2D eigenvalue weighted by Crippen LogP contribution is 2.27. The van der Waals surface area contributed by atoms with E-state index in [1.807, 2.05) is 19.9 Å². The van der Waals surface area contributed by atoms with Gasteiger partial charge >= 0.3 is 10.2 Å². The zero-order valence-electron chi connectivity index (χ0n) is 10.2. The molecule has 1 unspecified atom stereocenters. The summed E-state index contributed by atoms with van der Waals surface area (Å²) in [5, 5.41) is -1.24. The van der Waals surface area contributed by atoms with Crippen LogP contribution in [0.5, 0.6) is 0 Å². The van der Waals surface area contributed by atoms with Crippen molar-refractivity contribution in [2.75, 3.05) is 11.4 Å². The summed E-state index contributed by atoms with van der Waals surface area (Å²) >= 11 is 0. The molecule has 1 saturated heterocycles. The van der Waals surface area contributed by atoms with Gasteiger partial charge in [-0.25, -0.2) is 0 Å². The molecule has 0 spiro atoms. The number of amides is 1. The maximum atomic E-state index is 12.9. The van der Waals surface area contributed by atoms with Gasteiger partial charge in [0, 0.05) is 18.7 Å². The van der Waals surface area contributed by atoms with Gasteiger partial charge in [-0.3, -0.25) is 4.79 Å². The van der Waals surface area contributed by atoms with Gasteiger partial charge in [0.25, 0.3) is 0 Å². The molecule has 0 saturated carbocycles. The van der Waals surface area contributed by atoms with Crippen LogP contribution in [0.15, 0.2) is 18.2 Å². The quantitative estimate of drug-likeness (QED) is 0.769. The Hall–Kier alpha value is -1.43. The van der Waals surface area contributed by atoms with Crippen molar-refractivity contribution in [3.63, 3.8) is 0 Å². The molecule has 0 N–H and O–H groups in total. The smallest absolute Gasteiger partial charge is 0.307 e. The number of hydrogen-bond acceptors (Lipinski definition) is 3. The van der Waals surface area contributed by atoms with Crippen molar-refractivity contribution < 1.29 is 17.1 Å². The van der Waals surface area contributed by atoms with E-state index in [4.69, 9.17) is 0 Å². The summed E-state index contributed by atoms with van der Waals surface area (Å²) in [4.78, 5) is 13.1. The first kappa shape index (κ1) is 13.0. The number of aryl methyl sites for hydroxylation is 2. The standard InChI is InChI=1S/C12H14FNO3S/c1-8-3-9(2)5-10(4-8)14-7-11(6-12(14)15)18(13,16)17/h3-5,11H,6-7H2,1-2H3. The van der Waals surface area contributed by atoms with Gasteiger partial charge in [-0.2, -0.15) is 8.42 Å². The molecule has 0 aliphatic carbocycles. The highest BCUT2D eigenvalue weighted by atomic mass is 32.3. The van der Waals surface area contributed by atoms with E-state index in [9.17, 15) is 17.1 Å². The number of carbonyl (C=O) groups is 1. The van der Waals surface area contributed by atoms with Crippen molar-refractivity contribution in [3.05, 3.63) is 29.3 Å². The lowest BCUT2D eigenvalue weighted by atomic mass is 10.1. The molecule has 1 atom stereocenters. The highest BCUT2D eigenvalue weighted by Gasteiger charge is 2.39. The normalized spacial score (nSPS) is 20.5. The second-order valence-electron chi connectivity index (χ2n) is 4.65. The van der Waals surface area contributed by atoms with Crippen molar-refractivity contribution in [2.24, 2.45) is 0 Å². The Morgan fingerprint density at radius 3 is 2.22 bits per heavy atom. The monoisotopic (exact) mass is 271 g/mol. The fraction of sp³-hybridized carbons (Fsp3) is 0.417. The molecular formula is C12H14FNO3S. The Labute approximate surface area is 106 Å². The predicted octanol–water partition coefficient (Wildman–Crippen LogP) is 1.71. The van der Waals surface area contributed by atoms with Crippen LogP contribution in [0.3, 0.4) is 0 Å². The highest BCUT2D eigenvalue weighted by molar-refractivity contribution is 7.87. The van der Waals surface area contributed by atoms with Crippen LogP contribution in [0, 0.1) is 13.8 Å². The predicted molar refractivity (Wildman–Crippen MR) is 66.7 cm³/mol. The van der Waals surface area contributed by atoms with Crippen molar-refractivity contribution in [3.8, 4) is 0 Å². The molecule has 6 heteroatoms. The molecule has 1 heterocycles. The molecule has 1 amide bonds. The second-order valence-corrected chi connectivity index (χ2v) is 6.27. The second kappa shape index (κ2) is 4.35. The minimum Gasteiger partial charge on any atom is -0.311 e. The molecule has 4 nitrogen and oxygen atoms in total. The molecule has 0 bridgehead atoms. The summed E-state index contributed by atoms with van der Waals surface area (Å²) in [6, 6.07) is 5.53. The fourth-order valence-corrected chi connectivity index (χ4v) is 2.89. The van der Waals surface area contributed by atoms with E-state index in [1.54, 1.807) is 12.1 Å². The molecule has 1 aromatic rings. The van der Waals surface area contributed by atoms with Crippen LogP contribution < -0.4 is 4.90 Å². The minimum absolute atomic E-state index is 0.111. The van der Waals surface area contributed by atoms with Crippen LogP contribution in [-0.4, -0.2) is 26.1 Å². The van der Waals surface area contributed by atoms with E-state index in [2.05, 4.69) is 0 Å². The lowest BCUT2D eigenvalue weighted by molar-refractivity contribution is -0.117. The third kappa shape index (κ3) is 2.53. The zero-order chi connectivity index (χ0) is 13.5. The number of halogens is 1. The zero-order valence-corrected chi connectivity index (χ0v) is 11.0. The first-order valence-corrected chi connectivity index (χ1v) is 7.04. The Bertz CT molecular complexity index is 577. The van der Waals surface area contributed by atoms with Gasteiger partial charge < -0.3 is 4.90 Å². The molecule has 98 valence electrons. The average molecular weight is 271 g/mol. The number of nitrogens with zero attached hydrogens (tertiary/aromatic N) is 1.